The molecule has 2 unspecified atom stereocenters. The highest BCUT2D eigenvalue weighted by Crippen LogP contribution is 2.25. The van der Waals surface area contributed by atoms with Gasteiger partial charge in [0.05, 0.1) is 18.8 Å². The third kappa shape index (κ3) is 2.83. The second-order valence-corrected chi connectivity index (χ2v) is 4.75. The molecule has 1 aliphatic heterocycles. The normalized spacial score (nSPS) is 23.2. The zero-order valence-electron chi connectivity index (χ0n) is 10.6. The zero-order chi connectivity index (χ0) is 13.1. The largest absolute Gasteiger partial charge is 0.370 e. The molecule has 2 nitrogen and oxygen atoms in total. The SMILES string of the molecule is Fc1cccc(C2CNC(c3ccccc3)CO2)c1. The Hall–Kier alpha value is -1.71. The molecular formula is C16H16FNO. The van der Waals surface area contributed by atoms with Crippen molar-refractivity contribution in [3.8, 4) is 0 Å². The van der Waals surface area contributed by atoms with Crippen molar-refractivity contribution < 1.29 is 9.13 Å². The average Bonchev–Trinajstić information content (AvgIpc) is 2.48. The maximum Gasteiger partial charge on any atom is 0.123 e. The molecule has 0 saturated carbocycles. The third-order valence-electron chi connectivity index (χ3n) is 3.44. The molecule has 3 heteroatoms. The van der Waals surface area contributed by atoms with Crippen LogP contribution in [0.3, 0.4) is 0 Å². The average molecular weight is 257 g/mol. The van der Waals surface area contributed by atoms with Crippen molar-refractivity contribution >= 4 is 0 Å². The second-order valence-electron chi connectivity index (χ2n) is 4.75. The van der Waals surface area contributed by atoms with Gasteiger partial charge in [0.2, 0.25) is 0 Å². The number of nitrogens with one attached hydrogen (secondary N) is 1. The van der Waals surface area contributed by atoms with Crippen LogP contribution in [0.1, 0.15) is 23.3 Å². The van der Waals surface area contributed by atoms with E-state index in [1.807, 2.05) is 24.3 Å². The molecular weight excluding hydrogens is 241 g/mol. The van der Waals surface area contributed by atoms with Crippen molar-refractivity contribution in [2.75, 3.05) is 13.2 Å². The van der Waals surface area contributed by atoms with Crippen LogP contribution in [0, 0.1) is 5.82 Å². The van der Waals surface area contributed by atoms with Crippen molar-refractivity contribution in [2.24, 2.45) is 0 Å². The Morgan fingerprint density at radius 1 is 1.00 bits per heavy atom. The molecule has 1 saturated heterocycles. The lowest BCUT2D eigenvalue weighted by Gasteiger charge is -2.31. The highest BCUT2D eigenvalue weighted by molar-refractivity contribution is 5.22. The molecule has 0 aromatic heterocycles. The third-order valence-corrected chi connectivity index (χ3v) is 3.44. The fraction of sp³-hybridized carbons (Fsp3) is 0.250. The summed E-state index contributed by atoms with van der Waals surface area (Å²) in [5, 5.41) is 3.46. The molecule has 0 amide bonds. The minimum atomic E-state index is -0.216. The van der Waals surface area contributed by atoms with Crippen LogP contribution in [0.2, 0.25) is 0 Å². The molecule has 2 aromatic rings. The Bertz CT molecular complexity index is 535. The van der Waals surface area contributed by atoms with Gasteiger partial charge in [-0.05, 0) is 23.3 Å². The standard InChI is InChI=1S/C16H16FNO/c17-14-8-4-7-13(9-14)16-10-18-15(11-19-16)12-5-2-1-3-6-12/h1-9,15-16,18H,10-11H2. The fourth-order valence-corrected chi connectivity index (χ4v) is 2.40. The first-order chi connectivity index (χ1) is 9.33. The Kier molecular flexibility index (Phi) is 3.58. The number of hydrogen-bond donors (Lipinski definition) is 1. The molecule has 1 aliphatic rings. The minimum Gasteiger partial charge on any atom is -0.370 e. The number of rotatable bonds is 2. The van der Waals surface area contributed by atoms with Gasteiger partial charge in [0.15, 0.2) is 0 Å². The summed E-state index contributed by atoms with van der Waals surface area (Å²) < 4.78 is 19.0. The van der Waals surface area contributed by atoms with Gasteiger partial charge in [-0.15, -0.1) is 0 Å². The summed E-state index contributed by atoms with van der Waals surface area (Å²) >= 11 is 0. The highest BCUT2D eigenvalue weighted by Gasteiger charge is 2.23. The van der Waals surface area contributed by atoms with Crippen LogP contribution in [-0.4, -0.2) is 13.2 Å². The topological polar surface area (TPSA) is 21.3 Å². The molecule has 1 heterocycles. The van der Waals surface area contributed by atoms with Crippen molar-refractivity contribution in [2.45, 2.75) is 12.1 Å². The van der Waals surface area contributed by atoms with Crippen LogP contribution in [0.5, 0.6) is 0 Å². The molecule has 98 valence electrons. The van der Waals surface area contributed by atoms with Gasteiger partial charge in [-0.2, -0.15) is 0 Å². The summed E-state index contributed by atoms with van der Waals surface area (Å²) in [6.45, 7) is 1.30. The van der Waals surface area contributed by atoms with E-state index in [4.69, 9.17) is 4.74 Å². The molecule has 1 N–H and O–H groups in total. The lowest BCUT2D eigenvalue weighted by molar-refractivity contribution is 0.00223. The number of hydrogen-bond acceptors (Lipinski definition) is 2. The minimum absolute atomic E-state index is 0.0735. The first kappa shape index (κ1) is 12.3. The van der Waals surface area contributed by atoms with Crippen molar-refractivity contribution in [1.82, 2.24) is 5.32 Å². The molecule has 0 bridgehead atoms. The number of halogens is 1. The van der Waals surface area contributed by atoms with Gasteiger partial charge in [-0.3, -0.25) is 0 Å². The molecule has 3 rings (SSSR count). The lowest BCUT2D eigenvalue weighted by atomic mass is 10.0. The first-order valence-corrected chi connectivity index (χ1v) is 6.48. The Morgan fingerprint density at radius 2 is 1.79 bits per heavy atom. The second kappa shape index (κ2) is 5.51. The van der Waals surface area contributed by atoms with E-state index in [1.54, 1.807) is 6.07 Å². The van der Waals surface area contributed by atoms with E-state index in [9.17, 15) is 4.39 Å². The van der Waals surface area contributed by atoms with Gasteiger partial charge >= 0.3 is 0 Å². The molecule has 0 aliphatic carbocycles. The fourth-order valence-electron chi connectivity index (χ4n) is 2.40. The quantitative estimate of drug-likeness (QED) is 0.892. The van der Waals surface area contributed by atoms with E-state index in [0.29, 0.717) is 13.2 Å². The Morgan fingerprint density at radius 3 is 2.47 bits per heavy atom. The van der Waals surface area contributed by atoms with Crippen molar-refractivity contribution in [3.05, 3.63) is 71.5 Å². The van der Waals surface area contributed by atoms with Crippen LogP contribution in [-0.2, 0) is 4.74 Å². The molecule has 0 spiro atoms. The predicted molar refractivity (Wildman–Crippen MR) is 72.3 cm³/mol. The summed E-state index contributed by atoms with van der Waals surface area (Å²) in [5.41, 5.74) is 2.11. The number of morpholine rings is 1. The van der Waals surface area contributed by atoms with Gasteiger partial charge in [0.25, 0.3) is 0 Å². The summed E-state index contributed by atoms with van der Waals surface area (Å²) in [7, 11) is 0. The van der Waals surface area contributed by atoms with Gasteiger partial charge in [-0.1, -0.05) is 42.5 Å². The van der Waals surface area contributed by atoms with Crippen LogP contribution >= 0.6 is 0 Å². The van der Waals surface area contributed by atoms with Crippen molar-refractivity contribution in [1.29, 1.82) is 0 Å². The highest BCUT2D eigenvalue weighted by atomic mass is 19.1. The van der Waals surface area contributed by atoms with E-state index in [0.717, 1.165) is 5.56 Å². The van der Waals surface area contributed by atoms with E-state index >= 15 is 0 Å². The van der Waals surface area contributed by atoms with E-state index in [2.05, 4.69) is 17.4 Å². The molecule has 19 heavy (non-hydrogen) atoms. The van der Waals surface area contributed by atoms with E-state index in [1.165, 1.54) is 17.7 Å². The van der Waals surface area contributed by atoms with Crippen molar-refractivity contribution in [3.63, 3.8) is 0 Å². The van der Waals surface area contributed by atoms with E-state index in [-0.39, 0.29) is 18.0 Å². The monoisotopic (exact) mass is 257 g/mol. The summed E-state index contributed by atoms with van der Waals surface area (Å²) in [4.78, 5) is 0. The van der Waals surface area contributed by atoms with Gasteiger partial charge in [0.1, 0.15) is 5.82 Å². The van der Waals surface area contributed by atoms with E-state index < -0.39 is 0 Å². The van der Waals surface area contributed by atoms with Gasteiger partial charge in [-0.25, -0.2) is 4.39 Å². The summed E-state index contributed by atoms with van der Waals surface area (Å²) in [6, 6.07) is 17.0. The Labute approximate surface area is 112 Å². The van der Waals surface area contributed by atoms with Crippen LogP contribution < -0.4 is 5.32 Å². The predicted octanol–water partition coefficient (Wildman–Crippen LogP) is 3.23. The lowest BCUT2D eigenvalue weighted by Crippen LogP contribution is -2.36. The number of ether oxygens (including phenoxy) is 1. The first-order valence-electron chi connectivity index (χ1n) is 6.48. The Balaban J connectivity index is 1.67. The molecule has 2 atom stereocenters. The molecule has 0 radical (unpaired) electrons. The van der Waals surface area contributed by atoms with Gasteiger partial charge < -0.3 is 10.1 Å². The smallest absolute Gasteiger partial charge is 0.123 e. The summed E-state index contributed by atoms with van der Waals surface area (Å²) in [5.74, 6) is -0.216. The van der Waals surface area contributed by atoms with Gasteiger partial charge in [0, 0.05) is 6.54 Å². The molecule has 2 aromatic carbocycles. The van der Waals surface area contributed by atoms with Crippen LogP contribution in [0.25, 0.3) is 0 Å². The maximum atomic E-state index is 13.2. The maximum absolute atomic E-state index is 13.2. The van der Waals surface area contributed by atoms with Crippen LogP contribution in [0.4, 0.5) is 4.39 Å². The summed E-state index contributed by atoms with van der Waals surface area (Å²) in [6.07, 6.45) is -0.0735. The molecule has 1 fully saturated rings. The zero-order valence-corrected chi connectivity index (χ0v) is 10.6. The number of benzene rings is 2. The van der Waals surface area contributed by atoms with Crippen LogP contribution in [0.15, 0.2) is 54.6 Å².